The number of amides is 1. The smallest absolute Gasteiger partial charge is 0.220 e. The van der Waals surface area contributed by atoms with Crippen molar-refractivity contribution in [2.24, 2.45) is 0 Å². The Labute approximate surface area is 411 Å². The summed E-state index contributed by atoms with van der Waals surface area (Å²) in [7, 11) is 0. The van der Waals surface area contributed by atoms with Crippen LogP contribution in [0.1, 0.15) is 245 Å². The number of nitrogens with one attached hydrogen (secondary N) is 1. The summed E-state index contributed by atoms with van der Waals surface area (Å²) in [6.07, 6.45) is 57.1. The zero-order valence-electron chi connectivity index (χ0n) is 43.1. The Hall–Kier alpha value is -2.11. The highest BCUT2D eigenvalue weighted by Gasteiger charge is 2.44. The van der Waals surface area contributed by atoms with Crippen molar-refractivity contribution in [2.75, 3.05) is 13.2 Å². The molecule has 1 aliphatic heterocycles. The second kappa shape index (κ2) is 47.6. The Kier molecular flexibility index (Phi) is 44.7. The third kappa shape index (κ3) is 37.4. The number of allylic oxidation sites excluding steroid dienone is 9. The van der Waals surface area contributed by atoms with E-state index < -0.39 is 49.5 Å². The molecule has 67 heavy (non-hydrogen) atoms. The van der Waals surface area contributed by atoms with Gasteiger partial charge in [-0.1, -0.05) is 229 Å². The number of hydrogen-bond acceptors (Lipinski definition) is 8. The van der Waals surface area contributed by atoms with Crippen LogP contribution in [0.4, 0.5) is 0 Å². The molecule has 7 unspecified atom stereocenters. The molecule has 9 heteroatoms. The van der Waals surface area contributed by atoms with Crippen molar-refractivity contribution in [1.29, 1.82) is 0 Å². The van der Waals surface area contributed by atoms with E-state index in [0.29, 0.717) is 6.42 Å². The largest absolute Gasteiger partial charge is 0.394 e. The van der Waals surface area contributed by atoms with Crippen LogP contribution in [-0.4, -0.2) is 87.5 Å². The maximum atomic E-state index is 13.0. The van der Waals surface area contributed by atoms with Gasteiger partial charge < -0.3 is 40.3 Å². The van der Waals surface area contributed by atoms with Crippen LogP contribution in [0.25, 0.3) is 0 Å². The predicted octanol–water partition coefficient (Wildman–Crippen LogP) is 13.5. The minimum Gasteiger partial charge on any atom is -0.394 e. The molecule has 0 spiro atoms. The number of ether oxygens (including phenoxy) is 2. The van der Waals surface area contributed by atoms with Crippen molar-refractivity contribution in [3.05, 3.63) is 60.8 Å². The van der Waals surface area contributed by atoms with Gasteiger partial charge >= 0.3 is 0 Å². The number of hydrogen-bond donors (Lipinski definition) is 6. The fourth-order valence-electron chi connectivity index (χ4n) is 8.64. The summed E-state index contributed by atoms with van der Waals surface area (Å²) >= 11 is 0. The lowest BCUT2D eigenvalue weighted by molar-refractivity contribution is -0.302. The van der Waals surface area contributed by atoms with Gasteiger partial charge in [0.2, 0.25) is 5.91 Å². The number of carbonyl (C=O) groups excluding carboxylic acids is 1. The topological polar surface area (TPSA) is 149 Å². The summed E-state index contributed by atoms with van der Waals surface area (Å²) in [6, 6.07) is -0.830. The molecule has 0 radical (unpaired) electrons. The molecule has 0 aromatic heterocycles. The van der Waals surface area contributed by atoms with E-state index in [1.165, 1.54) is 167 Å². The molecule has 1 aliphatic rings. The van der Waals surface area contributed by atoms with Crippen molar-refractivity contribution in [3.8, 4) is 0 Å². The van der Waals surface area contributed by atoms with Crippen LogP contribution >= 0.6 is 0 Å². The maximum absolute atomic E-state index is 13.0. The highest BCUT2D eigenvalue weighted by atomic mass is 16.7. The number of carbonyl (C=O) groups is 1. The van der Waals surface area contributed by atoms with Gasteiger partial charge in [-0.3, -0.25) is 4.79 Å². The van der Waals surface area contributed by atoms with Gasteiger partial charge in [0.25, 0.3) is 0 Å². The van der Waals surface area contributed by atoms with Gasteiger partial charge in [0.1, 0.15) is 24.4 Å². The average Bonchev–Trinajstić information content (AvgIpc) is 3.33. The van der Waals surface area contributed by atoms with Crippen LogP contribution in [0.5, 0.6) is 0 Å². The predicted molar refractivity (Wildman–Crippen MR) is 281 cm³/mol. The first kappa shape index (κ1) is 62.9. The van der Waals surface area contributed by atoms with E-state index in [9.17, 15) is 30.3 Å². The Morgan fingerprint density at radius 2 is 0.940 bits per heavy atom. The summed E-state index contributed by atoms with van der Waals surface area (Å²) in [4.78, 5) is 13.0. The van der Waals surface area contributed by atoms with Crippen LogP contribution in [0.2, 0.25) is 0 Å². The first-order chi connectivity index (χ1) is 32.8. The van der Waals surface area contributed by atoms with Gasteiger partial charge in [0.15, 0.2) is 6.29 Å². The zero-order chi connectivity index (χ0) is 48.7. The number of unbranched alkanes of at least 4 members (excludes halogenated alkanes) is 29. The molecule has 7 atom stereocenters. The molecule has 6 N–H and O–H groups in total. The number of aliphatic hydroxyl groups is 5. The van der Waals surface area contributed by atoms with Crippen molar-refractivity contribution < 1.29 is 39.8 Å². The SMILES string of the molecule is CC/C=C\C/C=C\CCCCCCCCCCCCCCCCC(=O)NC(COC1OC(CO)C(O)C(O)C1O)C(O)/C=C/CC/C=C/CC/C=C/CCCCCCCCCCCCCCC. The lowest BCUT2D eigenvalue weighted by Crippen LogP contribution is -2.60. The first-order valence-corrected chi connectivity index (χ1v) is 28.0. The summed E-state index contributed by atoms with van der Waals surface area (Å²) in [6.45, 7) is 3.67. The van der Waals surface area contributed by atoms with Crippen LogP contribution in [-0.2, 0) is 14.3 Å². The molecule has 0 bridgehead atoms. The molecule has 1 fully saturated rings. The van der Waals surface area contributed by atoms with E-state index in [0.717, 1.165) is 57.8 Å². The summed E-state index contributed by atoms with van der Waals surface area (Å²) in [5.74, 6) is -0.191. The highest BCUT2D eigenvalue weighted by molar-refractivity contribution is 5.76. The second-order valence-corrected chi connectivity index (χ2v) is 19.3. The van der Waals surface area contributed by atoms with Crippen molar-refractivity contribution in [3.63, 3.8) is 0 Å². The van der Waals surface area contributed by atoms with E-state index in [1.54, 1.807) is 6.08 Å². The van der Waals surface area contributed by atoms with Gasteiger partial charge in [-0.15, -0.1) is 0 Å². The third-order valence-corrected chi connectivity index (χ3v) is 13.1. The zero-order valence-corrected chi connectivity index (χ0v) is 43.1. The molecule has 0 saturated carbocycles. The molecule has 0 aliphatic carbocycles. The monoisotopic (exact) mass is 944 g/mol. The first-order valence-electron chi connectivity index (χ1n) is 28.0. The Bertz CT molecular complexity index is 1230. The number of aliphatic hydroxyl groups excluding tert-OH is 5. The fraction of sp³-hybridized carbons (Fsp3) is 0.810. The molecule has 9 nitrogen and oxygen atoms in total. The minimum atomic E-state index is -1.58. The third-order valence-electron chi connectivity index (χ3n) is 13.1. The van der Waals surface area contributed by atoms with Crippen LogP contribution in [0, 0.1) is 0 Å². The van der Waals surface area contributed by atoms with Gasteiger partial charge in [-0.2, -0.15) is 0 Å². The minimum absolute atomic E-state index is 0.191. The van der Waals surface area contributed by atoms with Gasteiger partial charge in [-0.05, 0) is 70.6 Å². The molecule has 1 heterocycles. The van der Waals surface area contributed by atoms with Crippen molar-refractivity contribution in [1.82, 2.24) is 5.32 Å². The Balaban J connectivity index is 2.28. The second-order valence-electron chi connectivity index (χ2n) is 19.3. The lowest BCUT2D eigenvalue weighted by atomic mass is 9.99. The molecular weight excluding hydrogens is 839 g/mol. The standard InChI is InChI=1S/C58H105NO8/c1-3-5-7-9-11-13-15-17-19-21-23-25-26-28-29-31-33-35-37-39-41-43-45-47-52(61)51(50-66-58-57(65)56(64)55(63)53(49-60)67-58)59-54(62)48-46-44-42-40-38-36-34-32-30-27-24-22-20-18-16-14-12-10-8-6-4-2/h6,8,12,14,29,31,37,39,45,47,51-53,55-58,60-61,63-65H,3-5,7,9-11,13,15-28,30,32-36,38,40-44,46,48-50H2,1-2H3,(H,59,62)/b8-6-,14-12-,31-29+,39-37+,47-45+. The van der Waals surface area contributed by atoms with Gasteiger partial charge in [0, 0.05) is 6.42 Å². The van der Waals surface area contributed by atoms with E-state index in [-0.39, 0.29) is 12.5 Å². The van der Waals surface area contributed by atoms with E-state index in [2.05, 4.69) is 67.8 Å². The lowest BCUT2D eigenvalue weighted by Gasteiger charge is -2.40. The van der Waals surface area contributed by atoms with Crippen molar-refractivity contribution >= 4 is 5.91 Å². The Morgan fingerprint density at radius 1 is 0.522 bits per heavy atom. The molecule has 390 valence electrons. The molecular formula is C58H105NO8. The van der Waals surface area contributed by atoms with Gasteiger partial charge in [0.05, 0.1) is 25.4 Å². The fourth-order valence-corrected chi connectivity index (χ4v) is 8.64. The normalized spacial score (nSPS) is 20.1. The van der Waals surface area contributed by atoms with Crippen LogP contribution < -0.4 is 5.32 Å². The molecule has 1 saturated heterocycles. The maximum Gasteiger partial charge on any atom is 0.220 e. The highest BCUT2D eigenvalue weighted by Crippen LogP contribution is 2.23. The van der Waals surface area contributed by atoms with Gasteiger partial charge in [-0.25, -0.2) is 0 Å². The summed E-state index contributed by atoms with van der Waals surface area (Å²) < 4.78 is 11.2. The molecule has 0 aromatic rings. The van der Waals surface area contributed by atoms with Crippen LogP contribution in [0.15, 0.2) is 60.8 Å². The average molecular weight is 944 g/mol. The van der Waals surface area contributed by atoms with E-state index in [4.69, 9.17) is 9.47 Å². The molecule has 1 rings (SSSR count). The van der Waals surface area contributed by atoms with Crippen molar-refractivity contribution in [2.45, 2.75) is 288 Å². The summed E-state index contributed by atoms with van der Waals surface area (Å²) in [5, 5.41) is 54.4. The van der Waals surface area contributed by atoms with Crippen LogP contribution in [0.3, 0.4) is 0 Å². The quantitative estimate of drug-likeness (QED) is 0.0261. The van der Waals surface area contributed by atoms with E-state index in [1.807, 2.05) is 6.08 Å². The molecule has 0 aromatic carbocycles. The van der Waals surface area contributed by atoms with E-state index >= 15 is 0 Å². The Morgan fingerprint density at radius 3 is 1.42 bits per heavy atom. The number of rotatable bonds is 47. The molecule has 1 amide bonds. The summed E-state index contributed by atoms with van der Waals surface area (Å²) in [5.41, 5.74) is 0.